The van der Waals surface area contributed by atoms with Crippen LogP contribution in [0.4, 0.5) is 0 Å². The van der Waals surface area contributed by atoms with E-state index in [4.69, 9.17) is 0 Å². The fourth-order valence-electron chi connectivity index (χ4n) is 1.08. The molecule has 0 unspecified atom stereocenters. The fraction of sp³-hybridized carbons (Fsp3) is 0.300. The number of nitrogens with zero attached hydrogens (tertiary/aromatic N) is 2. The van der Waals surface area contributed by atoms with Gasteiger partial charge in [-0.1, -0.05) is 19.9 Å². The molecule has 64 valence electrons. The topological polar surface area (TPSA) is 17.3 Å². The normalized spacial score (nSPS) is 9.25. The molecule has 0 bridgehead atoms. The summed E-state index contributed by atoms with van der Waals surface area (Å²) in [5.41, 5.74) is 1.15. The molecule has 2 aromatic rings. The largest absolute Gasteiger partial charge is 0.304 e. The van der Waals surface area contributed by atoms with Gasteiger partial charge in [-0.2, -0.15) is 0 Å². The highest BCUT2D eigenvalue weighted by Gasteiger charge is 1.93. The number of hydrogen-bond acceptors (Lipinski definition) is 1. The van der Waals surface area contributed by atoms with Crippen LogP contribution in [0.5, 0.6) is 0 Å². The van der Waals surface area contributed by atoms with Gasteiger partial charge in [-0.25, -0.2) is 4.98 Å². The summed E-state index contributed by atoms with van der Waals surface area (Å²) in [6.07, 6.45) is 3.88. The van der Waals surface area contributed by atoms with Gasteiger partial charge < -0.3 is 4.40 Å². The predicted octanol–water partition coefficient (Wildman–Crippen LogP) is 2.67. The molecule has 0 amide bonds. The third-order valence-electron chi connectivity index (χ3n) is 1.62. The van der Waals surface area contributed by atoms with Gasteiger partial charge in [0.2, 0.25) is 0 Å². The van der Waals surface area contributed by atoms with Crippen molar-refractivity contribution in [2.24, 2.45) is 0 Å². The number of imidazole rings is 1. The maximum atomic E-state index is 4.16. The molecule has 0 saturated heterocycles. The van der Waals surface area contributed by atoms with Gasteiger partial charge in [0.25, 0.3) is 0 Å². The van der Waals surface area contributed by atoms with Crippen molar-refractivity contribution in [3.8, 4) is 0 Å². The van der Waals surface area contributed by atoms with E-state index in [-0.39, 0.29) is 0 Å². The van der Waals surface area contributed by atoms with E-state index in [1.165, 1.54) is 0 Å². The quantitative estimate of drug-likeness (QED) is 0.582. The molecule has 2 heterocycles. The van der Waals surface area contributed by atoms with Crippen molar-refractivity contribution in [2.75, 3.05) is 0 Å². The molecule has 0 atom stereocenters. The highest BCUT2D eigenvalue weighted by Crippen LogP contribution is 2.03. The van der Waals surface area contributed by atoms with Crippen molar-refractivity contribution >= 4 is 5.52 Å². The van der Waals surface area contributed by atoms with Crippen molar-refractivity contribution in [3.63, 3.8) is 0 Å². The van der Waals surface area contributed by atoms with Crippen LogP contribution in [0.2, 0.25) is 0 Å². The Morgan fingerprint density at radius 1 is 1.25 bits per heavy atom. The van der Waals surface area contributed by atoms with E-state index in [0.29, 0.717) is 0 Å². The molecule has 2 aromatic heterocycles. The first-order valence-electron chi connectivity index (χ1n) is 4.26. The fourth-order valence-corrected chi connectivity index (χ4v) is 1.08. The molecule has 0 radical (unpaired) electrons. The molecule has 0 aromatic carbocycles. The van der Waals surface area contributed by atoms with Crippen LogP contribution in [0.15, 0.2) is 30.6 Å². The van der Waals surface area contributed by atoms with Crippen LogP contribution in [0.25, 0.3) is 5.52 Å². The Morgan fingerprint density at radius 2 is 2.00 bits per heavy atom. The lowest BCUT2D eigenvalue weighted by Gasteiger charge is -1.91. The van der Waals surface area contributed by atoms with Gasteiger partial charge in [0.1, 0.15) is 5.82 Å². The minimum Gasteiger partial charge on any atom is -0.304 e. The molecule has 0 saturated carbocycles. The van der Waals surface area contributed by atoms with Crippen molar-refractivity contribution in [1.82, 2.24) is 9.38 Å². The van der Waals surface area contributed by atoms with Gasteiger partial charge >= 0.3 is 0 Å². The molecule has 0 aliphatic carbocycles. The standard InChI is InChI=1S/C8H8N2.C2H6/c1-7-9-6-8-4-2-3-5-10(7)8;1-2/h2-6H,1H3;1-2H3. The van der Waals surface area contributed by atoms with Gasteiger partial charge in [-0.15, -0.1) is 0 Å². The Hall–Kier alpha value is -1.31. The zero-order valence-corrected chi connectivity index (χ0v) is 7.78. The van der Waals surface area contributed by atoms with Gasteiger partial charge in [0, 0.05) is 6.20 Å². The first kappa shape index (κ1) is 8.78. The summed E-state index contributed by atoms with van der Waals surface area (Å²) in [6, 6.07) is 6.05. The lowest BCUT2D eigenvalue weighted by Crippen LogP contribution is -1.84. The molecule has 2 heteroatoms. The Morgan fingerprint density at radius 3 is 2.67 bits per heavy atom. The molecule has 0 aliphatic heterocycles. The predicted molar refractivity (Wildman–Crippen MR) is 51.3 cm³/mol. The molecule has 0 N–H and O–H groups in total. The highest BCUT2D eigenvalue weighted by atomic mass is 15.0. The Bertz CT molecular complexity index is 349. The van der Waals surface area contributed by atoms with E-state index in [2.05, 4.69) is 9.38 Å². The minimum atomic E-state index is 1.04. The van der Waals surface area contributed by atoms with E-state index in [1.807, 2.05) is 51.4 Å². The SMILES string of the molecule is CC.Cc1ncc2ccccn12. The lowest BCUT2D eigenvalue weighted by molar-refractivity contribution is 1.04. The van der Waals surface area contributed by atoms with Crippen LogP contribution in [-0.2, 0) is 0 Å². The van der Waals surface area contributed by atoms with Gasteiger partial charge in [-0.3, -0.25) is 0 Å². The van der Waals surface area contributed by atoms with Crippen LogP contribution < -0.4 is 0 Å². The summed E-state index contributed by atoms with van der Waals surface area (Å²) in [6.45, 7) is 5.99. The molecular weight excluding hydrogens is 148 g/mol. The average molecular weight is 162 g/mol. The van der Waals surface area contributed by atoms with Crippen LogP contribution in [0.3, 0.4) is 0 Å². The first-order chi connectivity index (χ1) is 5.88. The minimum absolute atomic E-state index is 1.04. The molecule has 2 nitrogen and oxygen atoms in total. The molecule has 2 rings (SSSR count). The van der Waals surface area contributed by atoms with Gasteiger partial charge in [0.15, 0.2) is 0 Å². The number of pyridine rings is 1. The van der Waals surface area contributed by atoms with E-state index in [1.54, 1.807) is 0 Å². The summed E-state index contributed by atoms with van der Waals surface area (Å²) < 4.78 is 2.06. The molecule has 0 spiro atoms. The number of fused-ring (bicyclic) bond motifs is 1. The second kappa shape index (κ2) is 3.90. The summed E-state index contributed by atoms with van der Waals surface area (Å²) in [4.78, 5) is 4.16. The third-order valence-corrected chi connectivity index (χ3v) is 1.62. The zero-order chi connectivity index (χ0) is 8.97. The van der Waals surface area contributed by atoms with Crippen molar-refractivity contribution < 1.29 is 0 Å². The van der Waals surface area contributed by atoms with E-state index in [9.17, 15) is 0 Å². The average Bonchev–Trinajstić information content (AvgIpc) is 2.53. The summed E-state index contributed by atoms with van der Waals surface area (Å²) in [5, 5.41) is 0. The summed E-state index contributed by atoms with van der Waals surface area (Å²) in [7, 11) is 0. The molecule has 0 fully saturated rings. The zero-order valence-electron chi connectivity index (χ0n) is 7.78. The van der Waals surface area contributed by atoms with Crippen molar-refractivity contribution in [3.05, 3.63) is 36.4 Å². The number of aromatic nitrogens is 2. The lowest BCUT2D eigenvalue weighted by atomic mass is 10.4. The monoisotopic (exact) mass is 162 g/mol. The highest BCUT2D eigenvalue weighted by molar-refractivity contribution is 5.45. The van der Waals surface area contributed by atoms with E-state index < -0.39 is 0 Å². The number of hydrogen-bond donors (Lipinski definition) is 0. The summed E-state index contributed by atoms with van der Waals surface area (Å²) >= 11 is 0. The third kappa shape index (κ3) is 1.47. The molecule has 0 aliphatic rings. The van der Waals surface area contributed by atoms with E-state index >= 15 is 0 Å². The second-order valence-electron chi connectivity index (χ2n) is 2.30. The van der Waals surface area contributed by atoms with Crippen molar-refractivity contribution in [1.29, 1.82) is 0 Å². The Labute approximate surface area is 72.9 Å². The van der Waals surface area contributed by atoms with Crippen LogP contribution >= 0.6 is 0 Å². The number of rotatable bonds is 0. The van der Waals surface area contributed by atoms with Gasteiger partial charge in [-0.05, 0) is 19.1 Å². The molecule has 12 heavy (non-hydrogen) atoms. The van der Waals surface area contributed by atoms with Gasteiger partial charge in [0.05, 0.1) is 11.7 Å². The Kier molecular flexibility index (Phi) is 2.86. The summed E-state index contributed by atoms with van der Waals surface area (Å²) in [5.74, 6) is 1.04. The Balaban J connectivity index is 0.000000336. The van der Waals surface area contributed by atoms with Crippen LogP contribution in [0, 0.1) is 6.92 Å². The maximum Gasteiger partial charge on any atom is 0.110 e. The van der Waals surface area contributed by atoms with Crippen molar-refractivity contribution in [2.45, 2.75) is 20.8 Å². The van der Waals surface area contributed by atoms with Crippen LogP contribution in [-0.4, -0.2) is 9.38 Å². The second-order valence-corrected chi connectivity index (χ2v) is 2.30. The molecular formula is C10H14N2. The van der Waals surface area contributed by atoms with Crippen LogP contribution in [0.1, 0.15) is 19.7 Å². The smallest absolute Gasteiger partial charge is 0.110 e. The number of aryl methyl sites for hydroxylation is 1. The van der Waals surface area contributed by atoms with E-state index in [0.717, 1.165) is 11.3 Å². The first-order valence-corrected chi connectivity index (χ1v) is 4.26. The maximum absolute atomic E-state index is 4.16.